The second-order valence-electron chi connectivity index (χ2n) is 6.08. The summed E-state index contributed by atoms with van der Waals surface area (Å²) in [6.45, 7) is 2.62. The van der Waals surface area contributed by atoms with Crippen LogP contribution in [0.25, 0.3) is 0 Å². The van der Waals surface area contributed by atoms with Gasteiger partial charge in [-0.3, -0.25) is 4.21 Å². The minimum absolute atomic E-state index is 0.100. The summed E-state index contributed by atoms with van der Waals surface area (Å²) in [7, 11) is 0. The Morgan fingerprint density at radius 2 is 1.58 bits per heavy atom. The molecule has 0 heterocycles. The van der Waals surface area contributed by atoms with Crippen molar-refractivity contribution in [3.63, 3.8) is 0 Å². The fourth-order valence-electron chi connectivity index (χ4n) is 2.56. The highest BCUT2D eigenvalue weighted by Gasteiger charge is 2.07. The van der Waals surface area contributed by atoms with Gasteiger partial charge in [-0.15, -0.1) is 0 Å². The Bertz CT molecular complexity index is 502. The zero-order valence-electron chi connectivity index (χ0n) is 14.6. The Balaban J connectivity index is 2.06. The molecule has 1 aromatic carbocycles. The van der Waals surface area contributed by atoms with Crippen LogP contribution in [0.3, 0.4) is 0 Å². The van der Waals surface area contributed by atoms with E-state index in [0.29, 0.717) is 6.61 Å². The Labute approximate surface area is 148 Å². The molecule has 0 saturated carbocycles. The molecule has 0 radical (unpaired) electrons. The van der Waals surface area contributed by atoms with Crippen molar-refractivity contribution in [1.29, 1.82) is 0 Å². The van der Waals surface area contributed by atoms with Crippen LogP contribution in [0.1, 0.15) is 81.5 Å². The average Bonchev–Trinajstić information content (AvgIpc) is 2.59. The molecule has 5 heteroatoms. The van der Waals surface area contributed by atoms with E-state index in [4.69, 9.17) is 4.74 Å². The Morgan fingerprint density at radius 3 is 2.17 bits per heavy atom. The predicted molar refractivity (Wildman–Crippen MR) is 95.8 cm³/mol. The van der Waals surface area contributed by atoms with Crippen molar-refractivity contribution in [2.24, 2.45) is 0 Å². The molecule has 1 atom stereocenters. The number of hydrogen-bond donors (Lipinski definition) is 0. The minimum atomic E-state index is -2.33. The summed E-state index contributed by atoms with van der Waals surface area (Å²) in [5.41, 5.74) is 0.281. The highest BCUT2D eigenvalue weighted by molar-refractivity contribution is 7.79. The third kappa shape index (κ3) is 9.18. The van der Waals surface area contributed by atoms with Crippen molar-refractivity contribution in [1.82, 2.24) is 0 Å². The van der Waals surface area contributed by atoms with E-state index in [1.54, 1.807) is 12.1 Å². The molecule has 0 aromatic heterocycles. The van der Waals surface area contributed by atoms with Crippen molar-refractivity contribution in [3.05, 3.63) is 29.8 Å². The summed E-state index contributed by atoms with van der Waals surface area (Å²) >= 11 is -2.33. The van der Waals surface area contributed by atoms with E-state index in [9.17, 15) is 13.6 Å². The minimum Gasteiger partial charge on any atom is -0.768 e. The smallest absolute Gasteiger partial charge is 0.338 e. The van der Waals surface area contributed by atoms with Gasteiger partial charge in [-0.2, -0.15) is 0 Å². The molecule has 0 fully saturated rings. The fourth-order valence-corrected chi connectivity index (χ4v) is 2.98. The number of rotatable bonds is 13. The summed E-state index contributed by atoms with van der Waals surface area (Å²) in [5, 5.41) is 0. The highest BCUT2D eigenvalue weighted by atomic mass is 32.2. The lowest BCUT2D eigenvalue weighted by Crippen LogP contribution is -2.07. The van der Waals surface area contributed by atoms with Gasteiger partial charge in [0.2, 0.25) is 0 Å². The first-order valence-corrected chi connectivity index (χ1v) is 10.1. The number of hydrogen-bond acceptors (Lipinski definition) is 4. The lowest BCUT2D eigenvalue weighted by atomic mass is 10.1. The van der Waals surface area contributed by atoms with Crippen LogP contribution < -0.4 is 0 Å². The largest absolute Gasteiger partial charge is 0.768 e. The van der Waals surface area contributed by atoms with Crippen LogP contribution in [0.15, 0.2) is 29.2 Å². The highest BCUT2D eigenvalue weighted by Crippen LogP contribution is 2.12. The topological polar surface area (TPSA) is 66.4 Å². The van der Waals surface area contributed by atoms with Crippen LogP contribution in [0.5, 0.6) is 0 Å². The summed E-state index contributed by atoms with van der Waals surface area (Å²) < 4.78 is 27.0. The first kappa shape index (κ1) is 20.8. The molecular formula is C19H29O4S-. The van der Waals surface area contributed by atoms with Crippen molar-refractivity contribution in [3.8, 4) is 0 Å². The van der Waals surface area contributed by atoms with Gasteiger partial charge in [0.1, 0.15) is 0 Å². The molecule has 136 valence electrons. The summed E-state index contributed by atoms with van der Waals surface area (Å²) in [4.78, 5) is 12.0. The van der Waals surface area contributed by atoms with Crippen LogP contribution in [-0.4, -0.2) is 21.3 Å². The maximum absolute atomic E-state index is 11.9. The van der Waals surface area contributed by atoms with Crippen LogP contribution >= 0.6 is 0 Å². The molecule has 0 aliphatic rings. The molecule has 0 amide bonds. The Kier molecular flexibility index (Phi) is 11.4. The molecule has 1 unspecified atom stereocenters. The summed E-state index contributed by atoms with van der Waals surface area (Å²) in [5.74, 6) is -0.460. The van der Waals surface area contributed by atoms with Gasteiger partial charge in [-0.25, -0.2) is 4.79 Å². The summed E-state index contributed by atoms with van der Waals surface area (Å²) in [6, 6.07) is 5.89. The molecule has 1 aromatic rings. The molecule has 0 spiro atoms. The lowest BCUT2D eigenvalue weighted by molar-refractivity contribution is 0.0497. The number of esters is 1. The van der Waals surface area contributed by atoms with Gasteiger partial charge in [0, 0.05) is 4.90 Å². The summed E-state index contributed by atoms with van der Waals surface area (Å²) in [6.07, 6.45) is 12.3. The third-order valence-electron chi connectivity index (χ3n) is 3.99. The normalized spacial score (nSPS) is 12.1. The van der Waals surface area contributed by atoms with Gasteiger partial charge in [0.15, 0.2) is 0 Å². The SMILES string of the molecule is CCCCCCCCCCCCOC(=O)c1cccc(S(=O)[O-])c1. The van der Waals surface area contributed by atoms with E-state index in [1.807, 2.05) is 0 Å². The van der Waals surface area contributed by atoms with E-state index < -0.39 is 17.0 Å². The maximum atomic E-state index is 11.9. The third-order valence-corrected chi connectivity index (χ3v) is 4.63. The molecule has 0 aliphatic heterocycles. The molecule has 0 saturated heterocycles. The van der Waals surface area contributed by atoms with E-state index in [1.165, 1.54) is 63.5 Å². The number of carbonyl (C=O) groups excluding carboxylic acids is 1. The molecular weight excluding hydrogens is 324 g/mol. The van der Waals surface area contributed by atoms with E-state index in [0.717, 1.165) is 12.8 Å². The van der Waals surface area contributed by atoms with Crippen LogP contribution in [-0.2, 0) is 15.8 Å². The average molecular weight is 354 g/mol. The number of benzene rings is 1. The second-order valence-corrected chi connectivity index (χ2v) is 7.02. The second kappa shape index (κ2) is 13.1. The van der Waals surface area contributed by atoms with Gasteiger partial charge in [0.05, 0.1) is 12.2 Å². The molecule has 0 N–H and O–H groups in total. The quantitative estimate of drug-likeness (QED) is 0.284. The van der Waals surface area contributed by atoms with Crippen molar-refractivity contribution in [2.45, 2.75) is 76.0 Å². The Hall–Kier alpha value is -1.20. The van der Waals surface area contributed by atoms with E-state index in [2.05, 4.69) is 6.92 Å². The monoisotopic (exact) mass is 353 g/mol. The molecule has 0 aliphatic carbocycles. The first-order valence-electron chi connectivity index (χ1n) is 9.01. The number of unbranched alkanes of at least 4 members (excludes halogenated alkanes) is 9. The van der Waals surface area contributed by atoms with Crippen LogP contribution in [0.2, 0.25) is 0 Å². The van der Waals surface area contributed by atoms with Crippen molar-refractivity contribution < 1.29 is 18.3 Å². The van der Waals surface area contributed by atoms with Crippen LogP contribution in [0.4, 0.5) is 0 Å². The fraction of sp³-hybridized carbons (Fsp3) is 0.632. The van der Waals surface area contributed by atoms with Crippen molar-refractivity contribution >= 4 is 17.0 Å². The van der Waals surface area contributed by atoms with Gasteiger partial charge >= 0.3 is 5.97 Å². The van der Waals surface area contributed by atoms with Gasteiger partial charge in [-0.1, -0.05) is 70.8 Å². The molecule has 24 heavy (non-hydrogen) atoms. The van der Waals surface area contributed by atoms with Gasteiger partial charge in [-0.05, 0) is 35.7 Å². The number of ether oxygens (including phenoxy) is 1. The Morgan fingerprint density at radius 1 is 1.00 bits per heavy atom. The molecule has 0 bridgehead atoms. The number of carbonyl (C=O) groups is 1. The molecule has 4 nitrogen and oxygen atoms in total. The standard InChI is InChI=1S/C19H30O4S/c1-2-3-4-5-6-7-8-9-10-11-15-23-19(20)17-13-12-14-18(16-17)24(21)22/h12-14,16H,2-11,15H2,1H3,(H,21,22)/p-1. The van der Waals surface area contributed by atoms with Gasteiger partial charge in [0.25, 0.3) is 0 Å². The van der Waals surface area contributed by atoms with Gasteiger partial charge < -0.3 is 9.29 Å². The maximum Gasteiger partial charge on any atom is 0.338 e. The molecule has 1 rings (SSSR count). The first-order chi connectivity index (χ1) is 11.6. The van der Waals surface area contributed by atoms with E-state index in [-0.39, 0.29) is 10.5 Å². The van der Waals surface area contributed by atoms with Crippen LogP contribution in [0, 0.1) is 0 Å². The van der Waals surface area contributed by atoms with Crippen molar-refractivity contribution in [2.75, 3.05) is 6.61 Å². The van der Waals surface area contributed by atoms with E-state index >= 15 is 0 Å². The lowest BCUT2D eigenvalue weighted by Gasteiger charge is -2.08. The zero-order valence-corrected chi connectivity index (χ0v) is 15.4. The zero-order chi connectivity index (χ0) is 17.6. The predicted octanol–water partition coefficient (Wildman–Crippen LogP) is 5.00.